The maximum Gasteiger partial charge on any atom is 0.271 e. The molecule has 0 saturated heterocycles. The van der Waals surface area contributed by atoms with Crippen LogP contribution in [-0.2, 0) is 0 Å². The maximum atomic E-state index is 11.8. The molecule has 1 aromatic rings. The van der Waals surface area contributed by atoms with Crippen LogP contribution < -0.4 is 5.43 Å². The quantitative estimate of drug-likeness (QED) is 0.513. The second kappa shape index (κ2) is 5.17. The van der Waals surface area contributed by atoms with Gasteiger partial charge in [0.15, 0.2) is 0 Å². The minimum absolute atomic E-state index is 0.202. The molecule has 0 spiro atoms. The number of fused-ring (bicyclic) bond motifs is 2. The van der Waals surface area contributed by atoms with Gasteiger partial charge in [0, 0.05) is 22.7 Å². The van der Waals surface area contributed by atoms with E-state index in [1.165, 1.54) is 6.42 Å². The Bertz CT molecular complexity index is 536. The predicted molar refractivity (Wildman–Crippen MR) is 76.3 cm³/mol. The molecule has 3 atom stereocenters. The van der Waals surface area contributed by atoms with Gasteiger partial charge in [-0.3, -0.25) is 4.79 Å². The van der Waals surface area contributed by atoms with Crippen molar-refractivity contribution in [3.8, 4) is 0 Å². The molecule has 19 heavy (non-hydrogen) atoms. The monoisotopic (exact) mass is 274 g/mol. The molecule has 1 N–H and O–H groups in total. The summed E-state index contributed by atoms with van der Waals surface area (Å²) in [5.41, 5.74) is 3.13. The van der Waals surface area contributed by atoms with Crippen LogP contribution in [0, 0.1) is 17.8 Å². The lowest BCUT2D eigenvalue weighted by molar-refractivity contribution is 0.0955. The lowest BCUT2D eigenvalue weighted by Crippen LogP contribution is -2.19. The number of hydrogen-bond acceptors (Lipinski definition) is 2. The summed E-state index contributed by atoms with van der Waals surface area (Å²) in [6, 6.07) is 6.77. The fraction of sp³-hybridized carbons (Fsp3) is 0.333. The van der Waals surface area contributed by atoms with E-state index in [4.69, 9.17) is 11.6 Å². The van der Waals surface area contributed by atoms with Crippen LogP contribution in [0.5, 0.6) is 0 Å². The summed E-state index contributed by atoms with van der Waals surface area (Å²) < 4.78 is 0. The molecule has 1 fully saturated rings. The summed E-state index contributed by atoms with van der Waals surface area (Å²) in [5.74, 6) is 1.60. The van der Waals surface area contributed by atoms with Crippen LogP contribution in [0.4, 0.5) is 0 Å². The van der Waals surface area contributed by atoms with Crippen LogP contribution in [0.3, 0.4) is 0 Å². The first-order valence-electron chi connectivity index (χ1n) is 6.50. The minimum Gasteiger partial charge on any atom is -0.267 e. The molecule has 2 aliphatic carbocycles. The molecule has 0 aromatic heterocycles. The van der Waals surface area contributed by atoms with E-state index in [0.29, 0.717) is 28.3 Å². The second-order valence-electron chi connectivity index (χ2n) is 5.17. The van der Waals surface area contributed by atoms with Gasteiger partial charge in [0.05, 0.1) is 0 Å². The van der Waals surface area contributed by atoms with E-state index >= 15 is 0 Å². The molecule has 3 nitrogen and oxygen atoms in total. The van der Waals surface area contributed by atoms with Crippen molar-refractivity contribution in [2.75, 3.05) is 0 Å². The number of halogens is 1. The van der Waals surface area contributed by atoms with Crippen molar-refractivity contribution in [2.45, 2.75) is 12.8 Å². The van der Waals surface area contributed by atoms with Crippen LogP contribution in [0.2, 0.25) is 5.02 Å². The number of carbonyl (C=O) groups is 1. The molecule has 1 saturated carbocycles. The van der Waals surface area contributed by atoms with Gasteiger partial charge >= 0.3 is 0 Å². The molecular formula is C15H15ClN2O. The first kappa shape index (κ1) is 12.4. The first-order valence-corrected chi connectivity index (χ1v) is 6.87. The van der Waals surface area contributed by atoms with Crippen LogP contribution in [-0.4, -0.2) is 12.1 Å². The van der Waals surface area contributed by atoms with Gasteiger partial charge in [-0.2, -0.15) is 5.10 Å². The summed E-state index contributed by atoms with van der Waals surface area (Å²) in [6.07, 6.45) is 8.83. The zero-order valence-electron chi connectivity index (χ0n) is 10.4. The van der Waals surface area contributed by atoms with E-state index in [1.54, 1.807) is 24.3 Å². The third-order valence-electron chi connectivity index (χ3n) is 3.87. The molecule has 1 aromatic carbocycles. The van der Waals surface area contributed by atoms with E-state index in [2.05, 4.69) is 22.7 Å². The highest BCUT2D eigenvalue weighted by Gasteiger charge is 2.34. The molecule has 0 aliphatic heterocycles. The Morgan fingerprint density at radius 1 is 1.26 bits per heavy atom. The highest BCUT2D eigenvalue weighted by Crippen LogP contribution is 2.42. The zero-order chi connectivity index (χ0) is 13.2. The molecule has 0 radical (unpaired) electrons. The van der Waals surface area contributed by atoms with Gasteiger partial charge in [0.2, 0.25) is 0 Å². The van der Waals surface area contributed by atoms with E-state index in [1.807, 2.05) is 6.21 Å². The highest BCUT2D eigenvalue weighted by molar-refractivity contribution is 6.30. The number of nitrogens with one attached hydrogen (secondary N) is 1. The molecule has 4 heteroatoms. The molecule has 2 bridgehead atoms. The number of nitrogens with zero attached hydrogens (tertiary/aromatic N) is 1. The predicted octanol–water partition coefficient (Wildman–Crippen LogP) is 3.27. The second-order valence-corrected chi connectivity index (χ2v) is 5.61. The van der Waals surface area contributed by atoms with Crippen LogP contribution >= 0.6 is 11.6 Å². The SMILES string of the molecule is O=C(NN=C[C@H]1C[C@H]2C=C[C@H]1C2)c1ccc(Cl)cc1. The van der Waals surface area contributed by atoms with Crippen LogP contribution in [0.15, 0.2) is 41.5 Å². The van der Waals surface area contributed by atoms with Gasteiger partial charge in [-0.25, -0.2) is 5.43 Å². The summed E-state index contributed by atoms with van der Waals surface area (Å²) in [6.45, 7) is 0. The van der Waals surface area contributed by atoms with E-state index < -0.39 is 0 Å². The molecule has 0 unspecified atom stereocenters. The zero-order valence-corrected chi connectivity index (χ0v) is 11.2. The topological polar surface area (TPSA) is 41.5 Å². The Balaban J connectivity index is 1.56. The number of hydrazone groups is 1. The lowest BCUT2D eigenvalue weighted by Gasteiger charge is -2.11. The van der Waals surface area contributed by atoms with E-state index in [0.717, 1.165) is 6.42 Å². The Morgan fingerprint density at radius 3 is 2.68 bits per heavy atom. The molecule has 3 rings (SSSR count). The Morgan fingerprint density at radius 2 is 2.05 bits per heavy atom. The summed E-state index contributed by atoms with van der Waals surface area (Å²) >= 11 is 5.78. The highest BCUT2D eigenvalue weighted by atomic mass is 35.5. The van der Waals surface area contributed by atoms with E-state index in [9.17, 15) is 4.79 Å². The minimum atomic E-state index is -0.202. The van der Waals surface area contributed by atoms with Gasteiger partial charge in [0.1, 0.15) is 0 Å². The number of amides is 1. The number of hydrogen-bond donors (Lipinski definition) is 1. The normalized spacial score (nSPS) is 28.2. The van der Waals surface area contributed by atoms with Crippen LogP contribution in [0.1, 0.15) is 23.2 Å². The fourth-order valence-corrected chi connectivity index (χ4v) is 2.98. The largest absolute Gasteiger partial charge is 0.271 e. The number of benzene rings is 1. The van der Waals surface area contributed by atoms with Crippen molar-refractivity contribution < 1.29 is 4.79 Å². The molecule has 1 amide bonds. The van der Waals surface area contributed by atoms with Crippen molar-refractivity contribution in [2.24, 2.45) is 22.9 Å². The number of carbonyl (C=O) groups excluding carboxylic acids is 1. The standard InChI is InChI=1S/C15H15ClN2O/c16-14-5-3-11(4-6-14)15(19)18-17-9-13-8-10-1-2-12(13)7-10/h1-6,9-10,12-13H,7-8H2,(H,18,19)/t10-,12-,13+/m0/s1. The average Bonchev–Trinajstić information content (AvgIpc) is 3.02. The fourth-order valence-electron chi connectivity index (χ4n) is 2.85. The summed E-state index contributed by atoms with van der Waals surface area (Å²) in [4.78, 5) is 11.8. The molecule has 0 heterocycles. The molecule has 98 valence electrons. The van der Waals surface area contributed by atoms with Gasteiger partial charge < -0.3 is 0 Å². The van der Waals surface area contributed by atoms with Crippen LogP contribution in [0.25, 0.3) is 0 Å². The van der Waals surface area contributed by atoms with Crippen molar-refractivity contribution in [1.82, 2.24) is 5.43 Å². The van der Waals surface area contributed by atoms with Gasteiger partial charge in [-0.05, 0) is 48.9 Å². The summed E-state index contributed by atoms with van der Waals surface area (Å²) in [7, 11) is 0. The first-order chi connectivity index (χ1) is 9.22. The maximum absolute atomic E-state index is 11.8. The van der Waals surface area contributed by atoms with Crippen molar-refractivity contribution >= 4 is 23.7 Å². The molecule has 2 aliphatic rings. The van der Waals surface area contributed by atoms with Crippen molar-refractivity contribution in [3.05, 3.63) is 47.0 Å². The lowest BCUT2D eigenvalue weighted by atomic mass is 9.95. The van der Waals surface area contributed by atoms with Gasteiger partial charge in [-0.15, -0.1) is 0 Å². The van der Waals surface area contributed by atoms with Crippen molar-refractivity contribution in [3.63, 3.8) is 0 Å². The molecular weight excluding hydrogens is 260 g/mol. The van der Waals surface area contributed by atoms with E-state index in [-0.39, 0.29) is 5.91 Å². The third kappa shape index (κ3) is 2.71. The van der Waals surface area contributed by atoms with Gasteiger partial charge in [-0.1, -0.05) is 23.8 Å². The average molecular weight is 275 g/mol. The Kier molecular flexibility index (Phi) is 3.38. The Hall–Kier alpha value is -1.61. The van der Waals surface area contributed by atoms with Gasteiger partial charge in [0.25, 0.3) is 5.91 Å². The summed E-state index contributed by atoms with van der Waals surface area (Å²) in [5, 5.41) is 4.70. The Labute approximate surface area is 117 Å². The van der Waals surface area contributed by atoms with Crippen molar-refractivity contribution in [1.29, 1.82) is 0 Å². The number of rotatable bonds is 3. The third-order valence-corrected chi connectivity index (χ3v) is 4.12. The number of allylic oxidation sites excluding steroid dienone is 2. The smallest absolute Gasteiger partial charge is 0.267 e.